The van der Waals surface area contributed by atoms with Crippen molar-refractivity contribution in [3.63, 3.8) is 0 Å². The molecule has 0 spiro atoms. The van der Waals surface area contributed by atoms with Crippen molar-refractivity contribution in [1.82, 2.24) is 20.1 Å². The molecule has 5 rings (SSSR count). The first-order valence-electron chi connectivity index (χ1n) is 10.7. The number of phenols is 1. The van der Waals surface area contributed by atoms with E-state index >= 15 is 0 Å². The number of hydrogen-bond donors (Lipinski definition) is 3. The van der Waals surface area contributed by atoms with Gasteiger partial charge in [-0.15, -0.1) is 10.2 Å². The Morgan fingerprint density at radius 1 is 1.23 bits per heavy atom. The molecule has 1 saturated heterocycles. The van der Waals surface area contributed by atoms with Gasteiger partial charge in [0.15, 0.2) is 5.82 Å². The highest BCUT2D eigenvalue weighted by molar-refractivity contribution is 6.30. The summed E-state index contributed by atoms with van der Waals surface area (Å²) in [6.07, 6.45) is 5.56. The lowest BCUT2D eigenvalue weighted by molar-refractivity contribution is -0.0823. The summed E-state index contributed by atoms with van der Waals surface area (Å²) >= 11 is 5.98. The Morgan fingerprint density at radius 3 is 2.84 bits per heavy atom. The minimum atomic E-state index is -0.512. The predicted octanol–water partition coefficient (Wildman–Crippen LogP) is 3.84. The lowest BCUT2D eigenvalue weighted by atomic mass is 9.76. The number of nitrogens with zero attached hydrogens (tertiary/aromatic N) is 4. The van der Waals surface area contributed by atoms with E-state index in [1.807, 2.05) is 19.1 Å². The molecule has 0 radical (unpaired) electrons. The van der Waals surface area contributed by atoms with Crippen LogP contribution in [0.25, 0.3) is 22.2 Å². The monoisotopic (exact) mass is 439 g/mol. The van der Waals surface area contributed by atoms with Gasteiger partial charge in [-0.05, 0) is 69.5 Å². The van der Waals surface area contributed by atoms with Crippen LogP contribution >= 0.6 is 11.6 Å². The van der Waals surface area contributed by atoms with Gasteiger partial charge in [0, 0.05) is 40.8 Å². The minimum Gasteiger partial charge on any atom is -0.507 e. The first-order chi connectivity index (χ1) is 14.9. The topological polar surface area (TPSA) is 94.4 Å². The lowest BCUT2D eigenvalue weighted by Gasteiger charge is -2.49. The van der Waals surface area contributed by atoms with E-state index in [4.69, 9.17) is 11.6 Å². The first-order valence-corrected chi connectivity index (χ1v) is 11.1. The molecule has 3 N–H and O–H groups in total. The van der Waals surface area contributed by atoms with E-state index in [1.165, 1.54) is 6.07 Å². The van der Waals surface area contributed by atoms with Gasteiger partial charge in [-0.3, -0.25) is 9.88 Å². The number of aromatic hydroxyl groups is 1. The number of hydrogen-bond acceptors (Lipinski definition) is 7. The molecule has 1 unspecified atom stereocenters. The van der Waals surface area contributed by atoms with Gasteiger partial charge in [0.2, 0.25) is 0 Å². The average Bonchev–Trinajstić information content (AvgIpc) is 2.73. The summed E-state index contributed by atoms with van der Waals surface area (Å²) in [5, 5.41) is 34.2. The Balaban J connectivity index is 1.41. The molecule has 162 valence electrons. The zero-order chi connectivity index (χ0) is 21.6. The molecule has 0 bridgehead atoms. The van der Waals surface area contributed by atoms with Crippen LogP contribution in [0.15, 0.2) is 36.5 Å². The lowest BCUT2D eigenvalue weighted by Crippen LogP contribution is -2.57. The van der Waals surface area contributed by atoms with E-state index in [2.05, 4.69) is 25.4 Å². The van der Waals surface area contributed by atoms with Crippen LogP contribution in [-0.2, 0) is 0 Å². The van der Waals surface area contributed by atoms with E-state index in [9.17, 15) is 10.2 Å². The molecule has 3 aromatic rings. The number of likely N-dealkylation sites (tertiary alicyclic amines) is 1. The van der Waals surface area contributed by atoms with Crippen LogP contribution in [0.5, 0.6) is 5.75 Å². The fourth-order valence-corrected chi connectivity index (χ4v) is 5.01. The Hall–Kier alpha value is -2.48. The highest BCUT2D eigenvalue weighted by Crippen LogP contribution is 2.37. The van der Waals surface area contributed by atoms with Crippen LogP contribution in [0.3, 0.4) is 0 Å². The second-order valence-electron chi connectivity index (χ2n) is 9.00. The largest absolute Gasteiger partial charge is 0.507 e. The predicted molar refractivity (Wildman–Crippen MR) is 121 cm³/mol. The van der Waals surface area contributed by atoms with E-state index < -0.39 is 5.60 Å². The number of benzene rings is 1. The maximum Gasteiger partial charge on any atom is 0.158 e. The number of fused-ring (bicyclic) bond motifs is 1. The van der Waals surface area contributed by atoms with Gasteiger partial charge >= 0.3 is 0 Å². The average molecular weight is 440 g/mol. The van der Waals surface area contributed by atoms with Gasteiger partial charge in [-0.2, -0.15) is 0 Å². The van der Waals surface area contributed by atoms with Crippen LogP contribution in [0, 0.1) is 0 Å². The van der Waals surface area contributed by atoms with Crippen LogP contribution in [0.4, 0.5) is 5.82 Å². The molecular formula is C23H26ClN5O2. The quantitative estimate of drug-likeness (QED) is 0.568. The second kappa shape index (κ2) is 7.89. The molecule has 8 heteroatoms. The Labute approximate surface area is 186 Å². The van der Waals surface area contributed by atoms with Crippen molar-refractivity contribution >= 4 is 28.3 Å². The number of phenolic OH excluding ortho intramolecular Hbond substituents is 1. The smallest absolute Gasteiger partial charge is 0.158 e. The molecule has 7 nitrogen and oxygen atoms in total. The van der Waals surface area contributed by atoms with Crippen LogP contribution < -0.4 is 5.32 Å². The van der Waals surface area contributed by atoms with Gasteiger partial charge in [0.25, 0.3) is 0 Å². The maximum absolute atomic E-state index is 10.4. The van der Waals surface area contributed by atoms with E-state index in [1.54, 1.807) is 18.3 Å². The third kappa shape index (κ3) is 4.05. The number of rotatable bonds is 4. The molecule has 31 heavy (non-hydrogen) atoms. The van der Waals surface area contributed by atoms with Gasteiger partial charge < -0.3 is 15.5 Å². The van der Waals surface area contributed by atoms with Crippen LogP contribution in [0.1, 0.15) is 32.6 Å². The summed E-state index contributed by atoms with van der Waals surface area (Å²) < 4.78 is 0. The molecule has 1 aliphatic heterocycles. The zero-order valence-corrected chi connectivity index (χ0v) is 18.2. The third-order valence-electron chi connectivity index (χ3n) is 6.41. The van der Waals surface area contributed by atoms with Gasteiger partial charge in [0.1, 0.15) is 17.0 Å². The summed E-state index contributed by atoms with van der Waals surface area (Å²) in [5.74, 6) is 0.751. The highest BCUT2D eigenvalue weighted by atomic mass is 35.5. The molecule has 1 aliphatic carbocycles. The fourth-order valence-electron chi connectivity index (χ4n) is 4.84. The SMILES string of the molecule is CC1(O)CC(N2CCCC(Nc3nnc(-c4ccc(Cl)cc4O)c4ncccc34)C2)C1. The highest BCUT2D eigenvalue weighted by Gasteiger charge is 2.42. The maximum atomic E-state index is 10.4. The summed E-state index contributed by atoms with van der Waals surface area (Å²) in [7, 11) is 0. The molecule has 2 aromatic heterocycles. The van der Waals surface area contributed by atoms with Crippen molar-refractivity contribution in [2.45, 2.75) is 50.3 Å². The number of halogens is 1. The summed E-state index contributed by atoms with van der Waals surface area (Å²) in [6, 6.07) is 9.51. The normalized spacial score (nSPS) is 26.5. The van der Waals surface area contributed by atoms with Gasteiger partial charge in [0.05, 0.1) is 5.60 Å². The third-order valence-corrected chi connectivity index (χ3v) is 6.65. The van der Waals surface area contributed by atoms with Crippen molar-refractivity contribution in [3.05, 3.63) is 41.6 Å². The zero-order valence-electron chi connectivity index (χ0n) is 17.4. The molecule has 1 atom stereocenters. The molecular weight excluding hydrogens is 414 g/mol. The molecule has 2 fully saturated rings. The summed E-state index contributed by atoms with van der Waals surface area (Å²) in [4.78, 5) is 7.01. The number of aliphatic hydroxyl groups is 1. The standard InChI is InChI=1S/C23H26ClN5O2/c1-23(31)11-16(12-23)29-9-3-4-15(13-29)26-22-18-5-2-8-25-20(18)21(27-28-22)17-7-6-14(24)10-19(17)30/h2,5-8,10,15-16,30-31H,3-4,9,11-13H2,1H3,(H,26,28). The molecule has 1 aromatic carbocycles. The Kier molecular flexibility index (Phi) is 5.20. The Bertz CT molecular complexity index is 1110. The number of anilines is 1. The fraction of sp³-hybridized carbons (Fsp3) is 0.435. The minimum absolute atomic E-state index is 0.0498. The number of aromatic nitrogens is 3. The van der Waals surface area contributed by atoms with Crippen molar-refractivity contribution in [2.75, 3.05) is 18.4 Å². The molecule has 2 aliphatic rings. The van der Waals surface area contributed by atoms with Crippen molar-refractivity contribution < 1.29 is 10.2 Å². The Morgan fingerprint density at radius 2 is 2.06 bits per heavy atom. The second-order valence-corrected chi connectivity index (χ2v) is 9.43. The van der Waals surface area contributed by atoms with Crippen molar-refractivity contribution in [1.29, 1.82) is 0 Å². The number of pyridine rings is 1. The molecule has 1 saturated carbocycles. The van der Waals surface area contributed by atoms with Crippen molar-refractivity contribution in [2.24, 2.45) is 0 Å². The van der Waals surface area contributed by atoms with E-state index in [-0.39, 0.29) is 11.8 Å². The molecule has 0 amide bonds. The van der Waals surface area contributed by atoms with Crippen LogP contribution in [-0.4, -0.2) is 61.1 Å². The van der Waals surface area contributed by atoms with Crippen LogP contribution in [0.2, 0.25) is 5.02 Å². The summed E-state index contributed by atoms with van der Waals surface area (Å²) in [6.45, 7) is 3.91. The summed E-state index contributed by atoms with van der Waals surface area (Å²) in [5.41, 5.74) is 1.24. The number of nitrogens with one attached hydrogen (secondary N) is 1. The van der Waals surface area contributed by atoms with E-state index in [0.717, 1.165) is 44.2 Å². The van der Waals surface area contributed by atoms with E-state index in [0.29, 0.717) is 33.7 Å². The molecule has 3 heterocycles. The van der Waals surface area contributed by atoms with Gasteiger partial charge in [-0.1, -0.05) is 11.6 Å². The first kappa shape index (κ1) is 20.4. The number of piperidine rings is 1. The van der Waals surface area contributed by atoms with Crippen molar-refractivity contribution in [3.8, 4) is 17.0 Å². The van der Waals surface area contributed by atoms with Gasteiger partial charge in [-0.25, -0.2) is 0 Å².